The Bertz CT molecular complexity index is 834. The van der Waals surface area contributed by atoms with Crippen LogP contribution in [0.15, 0.2) is 42.5 Å². The third-order valence-corrected chi connectivity index (χ3v) is 5.62. The number of nitrogens with one attached hydrogen (secondary N) is 1. The monoisotopic (exact) mass is 352 g/mol. The second-order valence-electron chi connectivity index (χ2n) is 7.54. The first-order chi connectivity index (χ1) is 12.6. The van der Waals surface area contributed by atoms with Gasteiger partial charge in [-0.1, -0.05) is 44.2 Å². The number of nitro benzene ring substituents is 1. The lowest BCUT2D eigenvalue weighted by Crippen LogP contribution is -2.36. The standard InChI is InChI=1S/C21H24N2O3/c1-13(2)14-9-10-18-17(12-14)21-16(7-5-11-26-21)20(22-18)15-6-3-4-8-19(15)23(24)25/h3-4,6,8-10,12-13,16,20-22H,5,7,11H2,1-2H3/t16-,20+,21-/m0/s1. The Kier molecular flexibility index (Phi) is 4.41. The van der Waals surface area contributed by atoms with Crippen LogP contribution in [0.4, 0.5) is 11.4 Å². The summed E-state index contributed by atoms with van der Waals surface area (Å²) in [6, 6.07) is 13.4. The first-order valence-corrected chi connectivity index (χ1v) is 9.31. The zero-order valence-electron chi connectivity index (χ0n) is 15.1. The predicted octanol–water partition coefficient (Wildman–Crippen LogP) is 5.35. The first-order valence-electron chi connectivity index (χ1n) is 9.31. The van der Waals surface area contributed by atoms with Gasteiger partial charge < -0.3 is 10.1 Å². The van der Waals surface area contributed by atoms with Gasteiger partial charge in [0.15, 0.2) is 0 Å². The van der Waals surface area contributed by atoms with Gasteiger partial charge in [0.1, 0.15) is 0 Å². The van der Waals surface area contributed by atoms with Crippen molar-refractivity contribution in [2.45, 2.75) is 44.8 Å². The average molecular weight is 352 g/mol. The van der Waals surface area contributed by atoms with E-state index in [4.69, 9.17) is 4.74 Å². The van der Waals surface area contributed by atoms with Gasteiger partial charge in [0, 0.05) is 29.8 Å². The minimum atomic E-state index is -0.285. The van der Waals surface area contributed by atoms with E-state index in [1.807, 2.05) is 12.1 Å². The molecule has 2 aromatic rings. The Morgan fingerprint density at radius 3 is 2.77 bits per heavy atom. The molecule has 2 aliphatic heterocycles. The summed E-state index contributed by atoms with van der Waals surface area (Å²) in [5, 5.41) is 15.1. The summed E-state index contributed by atoms with van der Waals surface area (Å²) < 4.78 is 6.19. The number of hydrogen-bond acceptors (Lipinski definition) is 4. The highest BCUT2D eigenvalue weighted by atomic mass is 16.6. The molecular weight excluding hydrogens is 328 g/mol. The third kappa shape index (κ3) is 2.86. The fourth-order valence-corrected chi connectivity index (χ4v) is 4.27. The van der Waals surface area contributed by atoms with Gasteiger partial charge in [-0.15, -0.1) is 0 Å². The van der Waals surface area contributed by atoms with Crippen molar-refractivity contribution in [2.24, 2.45) is 5.92 Å². The molecule has 2 heterocycles. The van der Waals surface area contributed by atoms with Crippen LogP contribution in [0.1, 0.15) is 61.4 Å². The molecule has 1 saturated heterocycles. The molecule has 0 bridgehead atoms. The fraction of sp³-hybridized carbons (Fsp3) is 0.429. The van der Waals surface area contributed by atoms with Gasteiger partial charge in [-0.25, -0.2) is 0 Å². The Hall–Kier alpha value is -2.40. The Morgan fingerprint density at radius 1 is 1.19 bits per heavy atom. The molecule has 0 unspecified atom stereocenters. The van der Waals surface area contributed by atoms with Gasteiger partial charge in [-0.2, -0.15) is 0 Å². The second-order valence-corrected chi connectivity index (χ2v) is 7.54. The highest BCUT2D eigenvalue weighted by Gasteiger charge is 2.41. The van der Waals surface area contributed by atoms with E-state index >= 15 is 0 Å². The maximum atomic E-state index is 11.5. The molecule has 2 aromatic carbocycles. The number of nitro groups is 1. The van der Waals surface area contributed by atoms with E-state index in [-0.39, 0.29) is 28.7 Å². The van der Waals surface area contributed by atoms with Gasteiger partial charge in [0.05, 0.1) is 22.6 Å². The summed E-state index contributed by atoms with van der Waals surface area (Å²) >= 11 is 0. The maximum Gasteiger partial charge on any atom is 0.274 e. The van der Waals surface area contributed by atoms with Crippen LogP contribution >= 0.6 is 0 Å². The smallest absolute Gasteiger partial charge is 0.274 e. The number of benzene rings is 2. The molecule has 3 atom stereocenters. The largest absolute Gasteiger partial charge is 0.377 e. The number of para-hydroxylation sites is 1. The van der Waals surface area contributed by atoms with E-state index in [1.165, 1.54) is 11.1 Å². The van der Waals surface area contributed by atoms with Gasteiger partial charge >= 0.3 is 0 Å². The molecule has 1 N–H and O–H groups in total. The summed E-state index contributed by atoms with van der Waals surface area (Å²) in [6.07, 6.45) is 1.97. The summed E-state index contributed by atoms with van der Waals surface area (Å²) in [7, 11) is 0. The van der Waals surface area contributed by atoms with E-state index in [2.05, 4.69) is 37.4 Å². The van der Waals surface area contributed by atoms with E-state index in [9.17, 15) is 10.1 Å². The topological polar surface area (TPSA) is 64.4 Å². The molecule has 0 aliphatic carbocycles. The summed E-state index contributed by atoms with van der Waals surface area (Å²) in [4.78, 5) is 11.3. The Balaban J connectivity index is 1.80. The molecule has 0 radical (unpaired) electrons. The van der Waals surface area contributed by atoms with Crippen molar-refractivity contribution in [3.05, 3.63) is 69.3 Å². The van der Waals surface area contributed by atoms with E-state index < -0.39 is 0 Å². The SMILES string of the molecule is CC(C)c1ccc2c(c1)[C@H]1OCCC[C@H]1[C@@H](c1ccccc1[N+](=O)[O-])N2. The lowest BCUT2D eigenvalue weighted by Gasteiger charge is -2.43. The van der Waals surface area contributed by atoms with Crippen molar-refractivity contribution in [1.29, 1.82) is 0 Å². The van der Waals surface area contributed by atoms with E-state index in [0.717, 1.165) is 30.7 Å². The molecule has 0 aromatic heterocycles. The summed E-state index contributed by atoms with van der Waals surface area (Å²) in [5.74, 6) is 0.648. The van der Waals surface area contributed by atoms with Crippen molar-refractivity contribution in [3.63, 3.8) is 0 Å². The van der Waals surface area contributed by atoms with Crippen molar-refractivity contribution in [3.8, 4) is 0 Å². The van der Waals surface area contributed by atoms with Crippen molar-refractivity contribution >= 4 is 11.4 Å². The lowest BCUT2D eigenvalue weighted by molar-refractivity contribution is -0.385. The average Bonchev–Trinajstić information content (AvgIpc) is 2.66. The number of anilines is 1. The third-order valence-electron chi connectivity index (χ3n) is 5.62. The van der Waals surface area contributed by atoms with Crippen LogP contribution in [0, 0.1) is 16.0 Å². The van der Waals surface area contributed by atoms with E-state index in [1.54, 1.807) is 12.1 Å². The van der Waals surface area contributed by atoms with Crippen LogP contribution < -0.4 is 5.32 Å². The number of fused-ring (bicyclic) bond motifs is 3. The highest BCUT2D eigenvalue weighted by Crippen LogP contribution is 2.50. The quantitative estimate of drug-likeness (QED) is 0.597. The fourth-order valence-electron chi connectivity index (χ4n) is 4.27. The Labute approximate surface area is 153 Å². The molecule has 26 heavy (non-hydrogen) atoms. The first kappa shape index (κ1) is 17.0. The van der Waals surface area contributed by atoms with Gasteiger partial charge in [0.25, 0.3) is 5.69 Å². The van der Waals surface area contributed by atoms with Crippen LogP contribution in [0.5, 0.6) is 0 Å². The minimum absolute atomic E-state index is 0.0106. The number of hydrogen-bond donors (Lipinski definition) is 1. The molecule has 0 amide bonds. The minimum Gasteiger partial charge on any atom is -0.377 e. The van der Waals surface area contributed by atoms with Gasteiger partial charge in [-0.3, -0.25) is 10.1 Å². The number of nitrogens with zero attached hydrogens (tertiary/aromatic N) is 1. The molecular formula is C21H24N2O3. The van der Waals surface area contributed by atoms with Crippen LogP contribution in [0.25, 0.3) is 0 Å². The zero-order chi connectivity index (χ0) is 18.3. The lowest BCUT2D eigenvalue weighted by atomic mass is 9.76. The van der Waals surface area contributed by atoms with E-state index in [0.29, 0.717) is 5.92 Å². The molecule has 2 aliphatic rings. The summed E-state index contributed by atoms with van der Waals surface area (Å²) in [5.41, 5.74) is 4.44. The van der Waals surface area contributed by atoms with Crippen molar-refractivity contribution < 1.29 is 9.66 Å². The molecule has 5 nitrogen and oxygen atoms in total. The van der Waals surface area contributed by atoms with Crippen LogP contribution in [-0.4, -0.2) is 11.5 Å². The highest BCUT2D eigenvalue weighted by molar-refractivity contribution is 5.60. The second kappa shape index (κ2) is 6.72. The van der Waals surface area contributed by atoms with Gasteiger partial charge in [-0.05, 0) is 30.4 Å². The maximum absolute atomic E-state index is 11.5. The number of ether oxygens (including phenoxy) is 1. The van der Waals surface area contributed by atoms with Crippen LogP contribution in [0.2, 0.25) is 0 Å². The van der Waals surface area contributed by atoms with Crippen LogP contribution in [-0.2, 0) is 4.74 Å². The van der Waals surface area contributed by atoms with Crippen molar-refractivity contribution in [1.82, 2.24) is 0 Å². The number of rotatable bonds is 3. The predicted molar refractivity (Wildman–Crippen MR) is 101 cm³/mol. The molecule has 1 fully saturated rings. The normalized spacial score (nSPS) is 24.5. The molecule has 5 heteroatoms. The van der Waals surface area contributed by atoms with Gasteiger partial charge in [0.2, 0.25) is 0 Å². The Morgan fingerprint density at radius 2 is 2.00 bits per heavy atom. The summed E-state index contributed by atoms with van der Waals surface area (Å²) in [6.45, 7) is 5.12. The zero-order valence-corrected chi connectivity index (χ0v) is 15.1. The molecule has 136 valence electrons. The molecule has 0 saturated carbocycles. The molecule has 0 spiro atoms. The van der Waals surface area contributed by atoms with Crippen LogP contribution in [0.3, 0.4) is 0 Å². The van der Waals surface area contributed by atoms with Crippen molar-refractivity contribution in [2.75, 3.05) is 11.9 Å². The molecule has 4 rings (SSSR count).